The van der Waals surface area contributed by atoms with Crippen LogP contribution in [-0.2, 0) is 9.53 Å². The normalized spacial score (nSPS) is 13.4. The Hall–Kier alpha value is -2.98. The van der Waals surface area contributed by atoms with Crippen LogP contribution in [0.2, 0.25) is 0 Å². The van der Waals surface area contributed by atoms with Crippen molar-refractivity contribution in [1.82, 2.24) is 0 Å². The summed E-state index contributed by atoms with van der Waals surface area (Å²) >= 11 is 3.39. The minimum Gasteiger partial charge on any atom is -0.457 e. The van der Waals surface area contributed by atoms with Crippen LogP contribution >= 0.6 is 23.2 Å². The molecule has 0 radical (unpaired) electrons. The Balaban J connectivity index is 1.61. The Bertz CT molecular complexity index is 1230. The van der Waals surface area contributed by atoms with E-state index in [1.807, 2.05) is 44.2 Å². The maximum absolute atomic E-state index is 13.1. The number of carbonyl (C=O) groups excluding carboxylic acids is 1. The van der Waals surface area contributed by atoms with Crippen LogP contribution in [0, 0.1) is 5.41 Å². The topological polar surface area (TPSA) is 55.8 Å². The second-order valence-corrected chi connectivity index (χ2v) is 15.0. The third-order valence-corrected chi connectivity index (χ3v) is 12.6. The molecule has 0 fully saturated rings. The summed E-state index contributed by atoms with van der Waals surface area (Å²) in [6.45, 7) is 5.56. The molecule has 0 saturated carbocycles. The first-order chi connectivity index (χ1) is 18.7. The van der Waals surface area contributed by atoms with Crippen LogP contribution in [0.5, 0.6) is 5.75 Å². The molecule has 0 aromatic heterocycles. The molecule has 202 valence electrons. The van der Waals surface area contributed by atoms with Gasteiger partial charge in [-0.2, -0.15) is 0 Å². The first-order valence-corrected chi connectivity index (χ1v) is 15.7. The molecule has 2 atom stereocenters. The van der Waals surface area contributed by atoms with Crippen molar-refractivity contribution in [3.05, 3.63) is 120 Å². The summed E-state index contributed by atoms with van der Waals surface area (Å²) < 4.78 is 12.0. The van der Waals surface area contributed by atoms with E-state index in [1.165, 1.54) is 15.9 Å². The van der Waals surface area contributed by atoms with Gasteiger partial charge < -0.3 is 14.6 Å². The fraction of sp³-hybridized carbons (Fsp3) is 0.242. The standard InChI is InChI=1S/C33H35BrO4P/c1-25(31(35)23-33(2,3)32(36)38-24-37-27-21-19-26(34)20-22-27)39(28-13-7-4-8-14-28,29-15-9-5-10-16-29)30-17-11-6-12-18-30/h4-22,25,31,35H,23-24H2,1-3H3/q+1/t25-,31-/m1/s1. The molecule has 4 aromatic rings. The molecule has 4 nitrogen and oxygen atoms in total. The molecule has 0 amide bonds. The number of benzene rings is 4. The number of rotatable bonds is 11. The van der Waals surface area contributed by atoms with Crippen LogP contribution in [0.4, 0.5) is 0 Å². The molecule has 0 saturated heterocycles. The molecule has 0 aliphatic heterocycles. The van der Waals surface area contributed by atoms with E-state index >= 15 is 0 Å². The smallest absolute Gasteiger partial charge is 0.314 e. The van der Waals surface area contributed by atoms with Crippen LogP contribution in [0.3, 0.4) is 0 Å². The molecule has 0 unspecified atom stereocenters. The third-order valence-electron chi connectivity index (χ3n) is 7.16. The van der Waals surface area contributed by atoms with Crippen molar-refractivity contribution in [3.8, 4) is 5.75 Å². The summed E-state index contributed by atoms with van der Waals surface area (Å²) in [5.74, 6) is 0.203. The van der Waals surface area contributed by atoms with E-state index in [4.69, 9.17) is 9.47 Å². The van der Waals surface area contributed by atoms with E-state index in [0.29, 0.717) is 5.75 Å². The first-order valence-electron chi connectivity index (χ1n) is 13.0. The number of aliphatic hydroxyl groups excluding tert-OH is 1. The van der Waals surface area contributed by atoms with Gasteiger partial charge in [-0.3, -0.25) is 4.79 Å². The lowest BCUT2D eigenvalue weighted by Crippen LogP contribution is -2.44. The van der Waals surface area contributed by atoms with Gasteiger partial charge in [0.15, 0.2) is 0 Å². The van der Waals surface area contributed by atoms with Crippen molar-refractivity contribution in [2.75, 3.05) is 6.79 Å². The third kappa shape index (κ3) is 6.61. The highest BCUT2D eigenvalue weighted by molar-refractivity contribution is 9.10. The summed E-state index contributed by atoms with van der Waals surface area (Å²) in [5.41, 5.74) is -1.09. The van der Waals surface area contributed by atoms with Crippen molar-refractivity contribution >= 4 is 45.1 Å². The zero-order valence-electron chi connectivity index (χ0n) is 22.5. The van der Waals surface area contributed by atoms with Gasteiger partial charge in [-0.05, 0) is 87.9 Å². The molecule has 0 heterocycles. The van der Waals surface area contributed by atoms with Gasteiger partial charge in [0, 0.05) is 4.47 Å². The lowest BCUT2D eigenvalue weighted by atomic mass is 9.86. The Morgan fingerprint density at radius 1 is 0.795 bits per heavy atom. The Morgan fingerprint density at radius 3 is 1.67 bits per heavy atom. The molecular formula is C33H35BrO4P+. The highest BCUT2D eigenvalue weighted by Gasteiger charge is 2.53. The van der Waals surface area contributed by atoms with Crippen LogP contribution in [-0.4, -0.2) is 29.6 Å². The minimum absolute atomic E-state index is 0.171. The summed E-state index contributed by atoms with van der Waals surface area (Å²) in [4.78, 5) is 13.1. The number of hydrogen-bond acceptors (Lipinski definition) is 4. The number of halogens is 1. The second-order valence-electron chi connectivity index (χ2n) is 10.3. The van der Waals surface area contributed by atoms with Gasteiger partial charge in [0.2, 0.25) is 6.79 Å². The molecule has 0 spiro atoms. The van der Waals surface area contributed by atoms with E-state index in [2.05, 4.69) is 95.7 Å². The van der Waals surface area contributed by atoms with Crippen LogP contribution in [0.25, 0.3) is 0 Å². The molecule has 0 aliphatic rings. The Kier molecular flexibility index (Phi) is 9.61. The molecule has 4 rings (SSSR count). The fourth-order valence-corrected chi connectivity index (χ4v) is 10.2. The summed E-state index contributed by atoms with van der Waals surface area (Å²) in [7, 11) is -2.31. The van der Waals surface area contributed by atoms with Gasteiger partial charge in [-0.15, -0.1) is 0 Å². The minimum atomic E-state index is -2.31. The summed E-state index contributed by atoms with van der Waals surface area (Å²) in [6.07, 6.45) is -0.520. The average Bonchev–Trinajstić information content (AvgIpc) is 2.96. The predicted molar refractivity (Wildman–Crippen MR) is 165 cm³/mol. The fourth-order valence-electron chi connectivity index (χ4n) is 5.05. The molecule has 4 aromatic carbocycles. The van der Waals surface area contributed by atoms with Crippen molar-refractivity contribution < 1.29 is 19.4 Å². The zero-order chi connectivity index (χ0) is 27.9. The molecule has 1 N–H and O–H groups in total. The van der Waals surface area contributed by atoms with Gasteiger partial charge >= 0.3 is 5.97 Å². The van der Waals surface area contributed by atoms with Crippen molar-refractivity contribution in [2.45, 2.75) is 39.0 Å². The zero-order valence-corrected chi connectivity index (χ0v) is 25.0. The molecule has 6 heteroatoms. The quantitative estimate of drug-likeness (QED) is 0.121. The summed E-state index contributed by atoms with van der Waals surface area (Å²) in [5, 5.41) is 15.4. The van der Waals surface area contributed by atoms with Crippen molar-refractivity contribution in [1.29, 1.82) is 0 Å². The SMILES string of the molecule is C[C@H]([C@H](O)CC(C)(C)C(=O)OCOc1ccc(Br)cc1)[P+](c1ccccc1)(c1ccccc1)c1ccccc1. The van der Waals surface area contributed by atoms with E-state index in [9.17, 15) is 9.90 Å². The van der Waals surface area contributed by atoms with Crippen molar-refractivity contribution in [3.63, 3.8) is 0 Å². The number of ether oxygens (including phenoxy) is 2. The van der Waals surface area contributed by atoms with Crippen molar-refractivity contribution in [2.24, 2.45) is 5.41 Å². The number of carbonyl (C=O) groups is 1. The lowest BCUT2D eigenvalue weighted by Gasteiger charge is -2.37. The lowest BCUT2D eigenvalue weighted by molar-refractivity contribution is -0.162. The van der Waals surface area contributed by atoms with E-state index in [0.717, 1.165) is 4.47 Å². The number of hydrogen-bond donors (Lipinski definition) is 1. The van der Waals surface area contributed by atoms with E-state index < -0.39 is 24.8 Å². The van der Waals surface area contributed by atoms with Gasteiger partial charge in [-0.1, -0.05) is 70.5 Å². The van der Waals surface area contributed by atoms with Crippen LogP contribution in [0.15, 0.2) is 120 Å². The largest absolute Gasteiger partial charge is 0.457 e. The number of esters is 1. The Morgan fingerprint density at radius 2 is 1.23 bits per heavy atom. The van der Waals surface area contributed by atoms with E-state index in [-0.39, 0.29) is 18.9 Å². The first kappa shape index (κ1) is 29.0. The summed E-state index contributed by atoms with van der Waals surface area (Å²) in [6, 6.07) is 38.7. The maximum atomic E-state index is 13.1. The highest BCUT2D eigenvalue weighted by atomic mass is 79.9. The maximum Gasteiger partial charge on any atom is 0.314 e. The number of aliphatic hydroxyl groups is 1. The molecule has 0 aliphatic carbocycles. The van der Waals surface area contributed by atoms with Gasteiger partial charge in [0.25, 0.3) is 0 Å². The van der Waals surface area contributed by atoms with Crippen LogP contribution < -0.4 is 20.7 Å². The Labute approximate surface area is 240 Å². The van der Waals surface area contributed by atoms with Gasteiger partial charge in [0.1, 0.15) is 34.6 Å². The monoisotopic (exact) mass is 605 g/mol. The van der Waals surface area contributed by atoms with Gasteiger partial charge in [0.05, 0.1) is 11.5 Å². The average molecular weight is 607 g/mol. The molecular weight excluding hydrogens is 571 g/mol. The highest BCUT2D eigenvalue weighted by Crippen LogP contribution is 2.61. The predicted octanol–water partition coefficient (Wildman–Crippen LogP) is 6.49. The van der Waals surface area contributed by atoms with Crippen LogP contribution in [0.1, 0.15) is 27.2 Å². The molecule has 39 heavy (non-hydrogen) atoms. The van der Waals surface area contributed by atoms with Gasteiger partial charge in [-0.25, -0.2) is 0 Å². The molecule has 0 bridgehead atoms. The second kappa shape index (κ2) is 12.9. The van der Waals surface area contributed by atoms with E-state index in [1.54, 1.807) is 12.1 Å².